The summed E-state index contributed by atoms with van der Waals surface area (Å²) >= 11 is 5.93. The molecule has 3 rings (SSSR count). The molecule has 0 aliphatic carbocycles. The van der Waals surface area contributed by atoms with Crippen LogP contribution >= 0.6 is 11.6 Å². The molecule has 1 atom stereocenters. The van der Waals surface area contributed by atoms with E-state index in [1.54, 1.807) is 13.2 Å². The minimum absolute atomic E-state index is 0.0797. The van der Waals surface area contributed by atoms with Crippen molar-refractivity contribution in [3.63, 3.8) is 0 Å². The van der Waals surface area contributed by atoms with Crippen molar-refractivity contribution >= 4 is 17.6 Å². The highest BCUT2D eigenvalue weighted by Gasteiger charge is 2.21. The first-order valence-corrected chi connectivity index (χ1v) is 8.10. The fourth-order valence-corrected chi connectivity index (χ4v) is 2.87. The van der Waals surface area contributed by atoms with E-state index in [0.29, 0.717) is 24.6 Å². The van der Waals surface area contributed by atoms with Crippen LogP contribution in [0.15, 0.2) is 42.5 Å². The number of fused-ring (bicyclic) bond motifs is 1. The second kappa shape index (κ2) is 7.45. The maximum absolute atomic E-state index is 12.1. The molecule has 24 heavy (non-hydrogen) atoms. The van der Waals surface area contributed by atoms with Crippen LogP contribution < -0.4 is 20.1 Å². The van der Waals surface area contributed by atoms with Gasteiger partial charge in [0.05, 0.1) is 13.2 Å². The number of hydrogen-bond acceptors (Lipinski definition) is 3. The maximum atomic E-state index is 12.1. The van der Waals surface area contributed by atoms with E-state index < -0.39 is 0 Å². The average Bonchev–Trinajstić information content (AvgIpc) is 2.59. The standard InChI is InChI=1S/C18H19ClN2O3/c1-23-16-5-6-17-13(9-16)8-15(11-24-17)21-18(22)20-10-12-3-2-4-14(19)7-12/h2-7,9,15H,8,10-11H2,1H3,(H2,20,21,22). The Balaban J connectivity index is 1.53. The first-order valence-electron chi connectivity index (χ1n) is 7.72. The van der Waals surface area contributed by atoms with Crippen molar-refractivity contribution in [1.29, 1.82) is 0 Å². The number of methoxy groups -OCH3 is 1. The highest BCUT2D eigenvalue weighted by Crippen LogP contribution is 2.28. The molecular formula is C18H19ClN2O3. The minimum atomic E-state index is -0.227. The smallest absolute Gasteiger partial charge is 0.315 e. The lowest BCUT2D eigenvalue weighted by atomic mass is 10.0. The molecule has 2 N–H and O–H groups in total. The lowest BCUT2D eigenvalue weighted by Gasteiger charge is -2.26. The van der Waals surface area contributed by atoms with E-state index in [2.05, 4.69) is 10.6 Å². The Kier molecular flexibility index (Phi) is 5.11. The molecule has 0 saturated carbocycles. The molecular weight excluding hydrogens is 328 g/mol. The third kappa shape index (κ3) is 4.11. The van der Waals surface area contributed by atoms with Crippen molar-refractivity contribution in [2.45, 2.75) is 19.0 Å². The normalized spacial score (nSPS) is 15.8. The van der Waals surface area contributed by atoms with Gasteiger partial charge in [0.15, 0.2) is 0 Å². The number of benzene rings is 2. The number of carbonyl (C=O) groups excluding carboxylic acids is 1. The van der Waals surface area contributed by atoms with Crippen molar-refractivity contribution in [3.8, 4) is 11.5 Å². The van der Waals surface area contributed by atoms with Crippen molar-refractivity contribution in [2.75, 3.05) is 13.7 Å². The van der Waals surface area contributed by atoms with E-state index in [0.717, 1.165) is 22.6 Å². The molecule has 0 fully saturated rings. The number of carbonyl (C=O) groups is 1. The summed E-state index contributed by atoms with van der Waals surface area (Å²) in [5, 5.41) is 6.42. The molecule has 0 saturated heterocycles. The van der Waals surface area contributed by atoms with Crippen LogP contribution in [0.2, 0.25) is 5.02 Å². The SMILES string of the molecule is COc1ccc2c(c1)CC(NC(=O)NCc1cccc(Cl)c1)CO2. The number of urea groups is 1. The Morgan fingerprint density at radius 2 is 2.21 bits per heavy atom. The first kappa shape index (κ1) is 16.5. The largest absolute Gasteiger partial charge is 0.497 e. The Morgan fingerprint density at radius 1 is 1.33 bits per heavy atom. The molecule has 0 radical (unpaired) electrons. The van der Waals surface area contributed by atoms with Gasteiger partial charge in [-0.25, -0.2) is 4.79 Å². The van der Waals surface area contributed by atoms with Gasteiger partial charge in [0, 0.05) is 11.6 Å². The summed E-state index contributed by atoms with van der Waals surface area (Å²) in [7, 11) is 1.63. The molecule has 2 aromatic rings. The second-order valence-corrected chi connectivity index (χ2v) is 6.08. The molecule has 0 bridgehead atoms. The van der Waals surface area contributed by atoms with E-state index in [1.807, 2.05) is 36.4 Å². The Hall–Kier alpha value is -2.40. The molecule has 2 aromatic carbocycles. The van der Waals surface area contributed by atoms with Gasteiger partial charge in [0.25, 0.3) is 0 Å². The van der Waals surface area contributed by atoms with Crippen LogP contribution in [0.25, 0.3) is 0 Å². The molecule has 1 aliphatic heterocycles. The van der Waals surface area contributed by atoms with Crippen LogP contribution in [0.5, 0.6) is 11.5 Å². The number of amides is 2. The maximum Gasteiger partial charge on any atom is 0.315 e. The monoisotopic (exact) mass is 346 g/mol. The highest BCUT2D eigenvalue weighted by molar-refractivity contribution is 6.30. The summed E-state index contributed by atoms with van der Waals surface area (Å²) in [6, 6.07) is 12.8. The molecule has 6 heteroatoms. The molecule has 1 unspecified atom stereocenters. The predicted molar refractivity (Wildman–Crippen MR) is 92.8 cm³/mol. The van der Waals surface area contributed by atoms with E-state index >= 15 is 0 Å². The van der Waals surface area contributed by atoms with Gasteiger partial charge in [-0.05, 0) is 47.9 Å². The van der Waals surface area contributed by atoms with Crippen LogP contribution in [0.4, 0.5) is 4.79 Å². The van der Waals surface area contributed by atoms with E-state index in [-0.39, 0.29) is 12.1 Å². The number of nitrogens with one attached hydrogen (secondary N) is 2. The van der Waals surface area contributed by atoms with Crippen molar-refractivity contribution in [3.05, 3.63) is 58.6 Å². The van der Waals surface area contributed by atoms with Crippen LogP contribution in [0.1, 0.15) is 11.1 Å². The van der Waals surface area contributed by atoms with E-state index in [9.17, 15) is 4.79 Å². The summed E-state index contributed by atoms with van der Waals surface area (Å²) in [5.74, 6) is 1.62. The zero-order valence-electron chi connectivity index (χ0n) is 13.3. The zero-order chi connectivity index (χ0) is 16.9. The quantitative estimate of drug-likeness (QED) is 0.894. The Bertz CT molecular complexity index is 736. The molecule has 1 heterocycles. The Labute approximate surface area is 145 Å². The van der Waals surface area contributed by atoms with Gasteiger partial charge in [-0.2, -0.15) is 0 Å². The number of ether oxygens (including phenoxy) is 2. The molecule has 126 valence electrons. The average molecular weight is 347 g/mol. The van der Waals surface area contributed by atoms with Crippen LogP contribution in [-0.4, -0.2) is 25.8 Å². The molecule has 1 aliphatic rings. The number of rotatable bonds is 4. The van der Waals surface area contributed by atoms with Gasteiger partial charge in [-0.15, -0.1) is 0 Å². The fraction of sp³-hybridized carbons (Fsp3) is 0.278. The first-order chi connectivity index (χ1) is 11.6. The fourth-order valence-electron chi connectivity index (χ4n) is 2.66. The van der Waals surface area contributed by atoms with Crippen LogP contribution in [0.3, 0.4) is 0 Å². The second-order valence-electron chi connectivity index (χ2n) is 5.64. The molecule has 5 nitrogen and oxygen atoms in total. The van der Waals surface area contributed by atoms with Crippen LogP contribution in [0, 0.1) is 0 Å². The Morgan fingerprint density at radius 3 is 3.00 bits per heavy atom. The topological polar surface area (TPSA) is 59.6 Å². The lowest BCUT2D eigenvalue weighted by molar-refractivity contribution is 0.214. The van der Waals surface area contributed by atoms with Gasteiger partial charge in [0.2, 0.25) is 0 Å². The number of halogens is 1. The zero-order valence-corrected chi connectivity index (χ0v) is 14.1. The van der Waals surface area contributed by atoms with Crippen LogP contribution in [-0.2, 0) is 13.0 Å². The third-order valence-corrected chi connectivity index (χ3v) is 4.09. The van der Waals surface area contributed by atoms with Gasteiger partial charge in [0.1, 0.15) is 18.1 Å². The molecule has 0 spiro atoms. The number of hydrogen-bond donors (Lipinski definition) is 2. The molecule has 0 aromatic heterocycles. The summed E-state index contributed by atoms with van der Waals surface area (Å²) in [6.07, 6.45) is 0.705. The lowest BCUT2D eigenvalue weighted by Crippen LogP contribution is -2.47. The summed E-state index contributed by atoms with van der Waals surface area (Å²) < 4.78 is 10.9. The van der Waals surface area contributed by atoms with Crippen molar-refractivity contribution in [2.24, 2.45) is 0 Å². The van der Waals surface area contributed by atoms with Gasteiger partial charge in [-0.3, -0.25) is 0 Å². The van der Waals surface area contributed by atoms with Crippen molar-refractivity contribution in [1.82, 2.24) is 10.6 Å². The van der Waals surface area contributed by atoms with Crippen molar-refractivity contribution < 1.29 is 14.3 Å². The predicted octanol–water partition coefficient (Wildman–Crippen LogP) is 3.15. The van der Waals surface area contributed by atoms with E-state index in [4.69, 9.17) is 21.1 Å². The summed E-state index contributed by atoms with van der Waals surface area (Å²) in [5.41, 5.74) is 1.98. The van der Waals surface area contributed by atoms with E-state index in [1.165, 1.54) is 0 Å². The summed E-state index contributed by atoms with van der Waals surface area (Å²) in [6.45, 7) is 0.869. The highest BCUT2D eigenvalue weighted by atomic mass is 35.5. The van der Waals surface area contributed by atoms with Gasteiger partial charge in [-0.1, -0.05) is 23.7 Å². The summed E-state index contributed by atoms with van der Waals surface area (Å²) in [4.78, 5) is 12.1. The minimum Gasteiger partial charge on any atom is -0.497 e. The van der Waals surface area contributed by atoms with Gasteiger partial charge >= 0.3 is 6.03 Å². The third-order valence-electron chi connectivity index (χ3n) is 3.85. The van der Waals surface area contributed by atoms with Gasteiger partial charge < -0.3 is 20.1 Å². The molecule has 2 amide bonds.